The van der Waals surface area contributed by atoms with Crippen LogP contribution in [0.15, 0.2) is 0 Å². The minimum atomic E-state index is 0.359. The Hall–Kier alpha value is 0.230. The zero-order chi connectivity index (χ0) is 10.8. The van der Waals surface area contributed by atoms with Crippen LogP contribution in [0.1, 0.15) is 46.0 Å². The summed E-state index contributed by atoms with van der Waals surface area (Å²) in [5.74, 6) is 0. The summed E-state index contributed by atoms with van der Waals surface area (Å²) in [4.78, 5) is 0. The number of hydrogen-bond acceptors (Lipinski definition) is 4. The van der Waals surface area contributed by atoms with Crippen LogP contribution in [0.4, 0.5) is 0 Å². The van der Waals surface area contributed by atoms with E-state index in [0.29, 0.717) is 11.3 Å². The first kappa shape index (κ1) is 14.2. The molecule has 4 heteroatoms. The summed E-state index contributed by atoms with van der Waals surface area (Å²) in [7, 11) is 1.89. The summed E-state index contributed by atoms with van der Waals surface area (Å²) >= 11 is 0.990. The molecular weight excluding hydrogens is 196 g/mol. The van der Waals surface area contributed by atoms with Gasteiger partial charge < -0.3 is 4.55 Å². The van der Waals surface area contributed by atoms with Gasteiger partial charge in [-0.1, -0.05) is 26.7 Å². The molecule has 0 heterocycles. The number of unbranched alkanes of at least 4 members (excludes halogenated alkanes) is 1. The molecule has 0 amide bonds. The van der Waals surface area contributed by atoms with E-state index in [1.54, 1.807) is 0 Å². The highest BCUT2D eigenvalue weighted by Crippen LogP contribution is 2.18. The van der Waals surface area contributed by atoms with Gasteiger partial charge in [0.1, 0.15) is 0 Å². The van der Waals surface area contributed by atoms with Gasteiger partial charge in [0.05, 0.1) is 0 Å². The Morgan fingerprint density at radius 1 is 1.36 bits per heavy atom. The second-order valence-corrected chi connectivity index (χ2v) is 4.48. The molecule has 2 unspecified atom stereocenters. The van der Waals surface area contributed by atoms with Crippen LogP contribution in [-0.2, 0) is 0 Å². The maximum Gasteiger partial charge on any atom is 0.0321 e. The van der Waals surface area contributed by atoms with Crippen molar-refractivity contribution in [3.05, 3.63) is 0 Å². The highest BCUT2D eigenvalue weighted by Gasteiger charge is 2.14. The standard InChI is InChI=1S/C10H24N2OS/c1-4-6-7-9(12-11-3)8-10(5-2)14-13/h9-13H,4-8H2,1-3H3. The monoisotopic (exact) mass is 220 g/mol. The van der Waals surface area contributed by atoms with Crippen molar-refractivity contribution in [2.75, 3.05) is 7.05 Å². The topological polar surface area (TPSA) is 44.3 Å². The van der Waals surface area contributed by atoms with Crippen molar-refractivity contribution in [1.29, 1.82) is 0 Å². The van der Waals surface area contributed by atoms with Crippen molar-refractivity contribution in [2.45, 2.75) is 57.2 Å². The average molecular weight is 220 g/mol. The van der Waals surface area contributed by atoms with Crippen LogP contribution in [0.5, 0.6) is 0 Å². The van der Waals surface area contributed by atoms with Gasteiger partial charge in [0.15, 0.2) is 0 Å². The average Bonchev–Trinajstić information content (AvgIpc) is 2.22. The lowest BCUT2D eigenvalue weighted by Gasteiger charge is -2.21. The maximum absolute atomic E-state index is 9.04. The Kier molecular flexibility index (Phi) is 9.93. The lowest BCUT2D eigenvalue weighted by Crippen LogP contribution is -2.39. The van der Waals surface area contributed by atoms with Crippen LogP contribution in [0.2, 0.25) is 0 Å². The first-order valence-electron chi connectivity index (χ1n) is 5.50. The molecule has 0 radical (unpaired) electrons. The second kappa shape index (κ2) is 9.77. The summed E-state index contributed by atoms with van der Waals surface area (Å²) in [6, 6.07) is 0.476. The van der Waals surface area contributed by atoms with Gasteiger partial charge >= 0.3 is 0 Å². The summed E-state index contributed by atoms with van der Waals surface area (Å²) in [6.45, 7) is 4.32. The van der Waals surface area contributed by atoms with Gasteiger partial charge in [0.2, 0.25) is 0 Å². The van der Waals surface area contributed by atoms with Crippen LogP contribution in [-0.4, -0.2) is 22.9 Å². The van der Waals surface area contributed by atoms with E-state index >= 15 is 0 Å². The van der Waals surface area contributed by atoms with Crippen molar-refractivity contribution in [2.24, 2.45) is 0 Å². The smallest absolute Gasteiger partial charge is 0.0321 e. The van der Waals surface area contributed by atoms with Crippen molar-refractivity contribution in [3.8, 4) is 0 Å². The molecule has 0 spiro atoms. The first-order chi connectivity index (χ1) is 6.78. The molecule has 0 aromatic carbocycles. The highest BCUT2D eigenvalue weighted by atomic mass is 32.2. The Labute approximate surface area is 92.2 Å². The zero-order valence-electron chi connectivity index (χ0n) is 9.55. The highest BCUT2D eigenvalue weighted by molar-refractivity contribution is 7.94. The fraction of sp³-hybridized carbons (Fsp3) is 1.00. The number of nitrogens with one attached hydrogen (secondary N) is 2. The van der Waals surface area contributed by atoms with Crippen molar-refractivity contribution >= 4 is 12.0 Å². The third-order valence-corrected chi connectivity index (χ3v) is 3.23. The number of hydrazine groups is 1. The largest absolute Gasteiger partial charge is 0.330 e. The molecule has 0 fully saturated rings. The Morgan fingerprint density at radius 2 is 2.07 bits per heavy atom. The van der Waals surface area contributed by atoms with Crippen LogP contribution in [0.3, 0.4) is 0 Å². The van der Waals surface area contributed by atoms with E-state index in [0.717, 1.165) is 24.9 Å². The summed E-state index contributed by atoms with van der Waals surface area (Å²) in [6.07, 6.45) is 5.69. The summed E-state index contributed by atoms with van der Waals surface area (Å²) in [5.41, 5.74) is 6.23. The molecule has 0 aliphatic carbocycles. The molecule has 0 aromatic rings. The SMILES string of the molecule is CCCCC(CC(CC)SO)NNC. The van der Waals surface area contributed by atoms with E-state index in [4.69, 9.17) is 4.55 Å². The molecule has 0 saturated heterocycles. The quantitative estimate of drug-likeness (QED) is 0.413. The second-order valence-electron chi connectivity index (χ2n) is 3.60. The summed E-state index contributed by atoms with van der Waals surface area (Å²) < 4.78 is 9.04. The molecule has 0 rings (SSSR count). The molecule has 3 nitrogen and oxygen atoms in total. The van der Waals surface area contributed by atoms with E-state index in [1.807, 2.05) is 7.05 Å². The fourth-order valence-electron chi connectivity index (χ4n) is 1.51. The van der Waals surface area contributed by atoms with Crippen molar-refractivity contribution in [1.82, 2.24) is 10.9 Å². The Balaban J connectivity index is 3.80. The van der Waals surface area contributed by atoms with E-state index in [1.165, 1.54) is 19.3 Å². The van der Waals surface area contributed by atoms with Crippen LogP contribution < -0.4 is 10.9 Å². The zero-order valence-corrected chi connectivity index (χ0v) is 10.4. The Bertz CT molecular complexity index is 121. The predicted octanol–water partition coefficient (Wildman–Crippen LogP) is 2.64. The van der Waals surface area contributed by atoms with E-state index < -0.39 is 0 Å². The van der Waals surface area contributed by atoms with Crippen molar-refractivity contribution < 1.29 is 4.55 Å². The lowest BCUT2D eigenvalue weighted by molar-refractivity contribution is 0.393. The molecule has 0 aromatic heterocycles. The molecule has 0 saturated carbocycles. The van der Waals surface area contributed by atoms with Gasteiger partial charge in [-0.05, 0) is 38.4 Å². The fourth-order valence-corrected chi connectivity index (χ4v) is 1.97. The van der Waals surface area contributed by atoms with Gasteiger partial charge in [-0.15, -0.1) is 0 Å². The van der Waals surface area contributed by atoms with Gasteiger partial charge in [-0.2, -0.15) is 0 Å². The van der Waals surface area contributed by atoms with Gasteiger partial charge in [0.25, 0.3) is 0 Å². The molecule has 14 heavy (non-hydrogen) atoms. The third-order valence-electron chi connectivity index (χ3n) is 2.41. The predicted molar refractivity (Wildman–Crippen MR) is 64.4 cm³/mol. The molecule has 0 bridgehead atoms. The van der Waals surface area contributed by atoms with Crippen LogP contribution in [0.25, 0.3) is 0 Å². The number of rotatable bonds is 9. The first-order valence-corrected chi connectivity index (χ1v) is 6.34. The van der Waals surface area contributed by atoms with Crippen LogP contribution in [0, 0.1) is 0 Å². The van der Waals surface area contributed by atoms with E-state index in [9.17, 15) is 0 Å². The Morgan fingerprint density at radius 3 is 2.50 bits per heavy atom. The van der Waals surface area contributed by atoms with E-state index in [2.05, 4.69) is 24.7 Å². The van der Waals surface area contributed by atoms with Gasteiger partial charge in [-0.25, -0.2) is 0 Å². The maximum atomic E-state index is 9.04. The molecule has 0 aliphatic rings. The van der Waals surface area contributed by atoms with Crippen LogP contribution >= 0.6 is 12.0 Å². The molecule has 86 valence electrons. The van der Waals surface area contributed by atoms with Gasteiger partial charge in [-0.3, -0.25) is 10.9 Å². The summed E-state index contributed by atoms with van der Waals surface area (Å²) in [5, 5.41) is 0.359. The minimum absolute atomic E-state index is 0.359. The number of hydrogen-bond donors (Lipinski definition) is 3. The normalized spacial score (nSPS) is 15.4. The van der Waals surface area contributed by atoms with Gasteiger partial charge in [0, 0.05) is 11.3 Å². The molecular formula is C10H24N2OS. The van der Waals surface area contributed by atoms with Crippen molar-refractivity contribution in [3.63, 3.8) is 0 Å². The lowest BCUT2D eigenvalue weighted by atomic mass is 10.0. The van der Waals surface area contributed by atoms with E-state index in [-0.39, 0.29) is 0 Å². The minimum Gasteiger partial charge on any atom is -0.330 e. The third kappa shape index (κ3) is 6.65. The molecule has 0 aliphatic heterocycles. The molecule has 2 atom stereocenters. The molecule has 3 N–H and O–H groups in total.